The zero-order chi connectivity index (χ0) is 14.5. The van der Waals surface area contributed by atoms with Crippen molar-refractivity contribution in [2.24, 2.45) is 5.92 Å². The van der Waals surface area contributed by atoms with Crippen LogP contribution >= 0.6 is 0 Å². The van der Waals surface area contributed by atoms with Gasteiger partial charge in [-0.05, 0) is 37.3 Å². The van der Waals surface area contributed by atoms with Crippen LogP contribution < -0.4 is 5.32 Å². The normalized spacial score (nSPS) is 23.1. The number of pyridine rings is 1. The maximum atomic E-state index is 11.2. The Morgan fingerprint density at radius 3 is 2.80 bits per heavy atom. The Morgan fingerprint density at radius 1 is 1.35 bits per heavy atom. The van der Waals surface area contributed by atoms with E-state index in [1.807, 2.05) is 6.92 Å². The van der Waals surface area contributed by atoms with Crippen molar-refractivity contribution in [3.05, 3.63) is 23.4 Å². The summed E-state index contributed by atoms with van der Waals surface area (Å²) < 4.78 is 0. The predicted molar refractivity (Wildman–Crippen MR) is 80.2 cm³/mol. The summed E-state index contributed by atoms with van der Waals surface area (Å²) in [5, 5.41) is 12.6. The Bertz CT molecular complexity index is 474. The molecule has 0 aromatic carbocycles. The van der Waals surface area contributed by atoms with Crippen molar-refractivity contribution in [1.29, 1.82) is 0 Å². The Hall–Kier alpha value is -1.58. The average Bonchev–Trinajstić information content (AvgIpc) is 2.64. The van der Waals surface area contributed by atoms with Crippen LogP contribution in [0.25, 0.3) is 0 Å². The Morgan fingerprint density at radius 2 is 2.10 bits per heavy atom. The lowest BCUT2D eigenvalue weighted by Crippen LogP contribution is -2.27. The molecular formula is C16H24N2O2. The second-order valence-corrected chi connectivity index (χ2v) is 5.76. The molecule has 20 heavy (non-hydrogen) atoms. The molecule has 4 heteroatoms. The number of nitrogens with one attached hydrogen (secondary N) is 1. The van der Waals surface area contributed by atoms with E-state index >= 15 is 0 Å². The van der Waals surface area contributed by atoms with E-state index in [1.54, 1.807) is 12.1 Å². The number of carbonyl (C=O) groups is 1. The van der Waals surface area contributed by atoms with E-state index in [-0.39, 0.29) is 0 Å². The van der Waals surface area contributed by atoms with Gasteiger partial charge in [0.15, 0.2) is 0 Å². The van der Waals surface area contributed by atoms with Gasteiger partial charge in [-0.25, -0.2) is 9.78 Å². The van der Waals surface area contributed by atoms with Gasteiger partial charge in [-0.3, -0.25) is 0 Å². The molecule has 1 aromatic heterocycles. The fourth-order valence-electron chi connectivity index (χ4n) is 2.86. The van der Waals surface area contributed by atoms with E-state index in [4.69, 9.17) is 0 Å². The number of hydrogen-bond donors (Lipinski definition) is 2. The summed E-state index contributed by atoms with van der Waals surface area (Å²) in [6, 6.07) is 3.71. The van der Waals surface area contributed by atoms with Crippen LogP contribution in [0, 0.1) is 5.92 Å². The number of carboxylic acids is 1. The standard InChI is InChI=1S/C16H24N2O2/c1-3-13-9-12(16(19)20)10-15(17-13)18-14-8-6-4-5-7-11(14)2/h9-11,14H,3-8H2,1-2H3,(H,17,18)(H,19,20). The first-order valence-electron chi connectivity index (χ1n) is 7.61. The minimum absolute atomic E-state index is 0.320. The molecule has 0 radical (unpaired) electrons. The molecule has 1 saturated carbocycles. The van der Waals surface area contributed by atoms with Crippen molar-refractivity contribution < 1.29 is 9.90 Å². The molecule has 1 aromatic rings. The van der Waals surface area contributed by atoms with Crippen LogP contribution in [-0.4, -0.2) is 22.1 Å². The first-order valence-corrected chi connectivity index (χ1v) is 7.61. The summed E-state index contributed by atoms with van der Waals surface area (Å²) in [6.45, 7) is 4.26. The van der Waals surface area contributed by atoms with Crippen LogP contribution in [0.1, 0.15) is 62.0 Å². The minimum Gasteiger partial charge on any atom is -0.478 e. The van der Waals surface area contributed by atoms with Crippen molar-refractivity contribution in [2.45, 2.75) is 58.4 Å². The molecule has 110 valence electrons. The highest BCUT2D eigenvalue weighted by atomic mass is 16.4. The molecular weight excluding hydrogens is 252 g/mol. The van der Waals surface area contributed by atoms with Gasteiger partial charge >= 0.3 is 5.97 Å². The number of aryl methyl sites for hydroxylation is 1. The number of hydrogen-bond acceptors (Lipinski definition) is 3. The molecule has 0 saturated heterocycles. The molecule has 1 aliphatic rings. The van der Waals surface area contributed by atoms with Crippen molar-refractivity contribution in [2.75, 3.05) is 5.32 Å². The van der Waals surface area contributed by atoms with Crippen LogP contribution in [0.2, 0.25) is 0 Å². The number of aromatic nitrogens is 1. The molecule has 1 heterocycles. The number of aromatic carboxylic acids is 1. The largest absolute Gasteiger partial charge is 0.478 e. The molecule has 2 N–H and O–H groups in total. The van der Waals surface area contributed by atoms with Crippen LogP contribution in [-0.2, 0) is 6.42 Å². The van der Waals surface area contributed by atoms with Gasteiger partial charge < -0.3 is 10.4 Å². The van der Waals surface area contributed by atoms with Crippen molar-refractivity contribution in [3.8, 4) is 0 Å². The average molecular weight is 276 g/mol. The van der Waals surface area contributed by atoms with E-state index in [0.717, 1.165) is 18.5 Å². The van der Waals surface area contributed by atoms with Crippen LogP contribution in [0.15, 0.2) is 12.1 Å². The fourth-order valence-corrected chi connectivity index (χ4v) is 2.86. The van der Waals surface area contributed by atoms with Gasteiger partial charge in [0.05, 0.1) is 5.56 Å². The predicted octanol–water partition coefficient (Wildman–Crippen LogP) is 3.72. The highest BCUT2D eigenvalue weighted by molar-refractivity contribution is 5.88. The summed E-state index contributed by atoms with van der Waals surface area (Å²) >= 11 is 0. The molecule has 0 aliphatic heterocycles. The van der Waals surface area contributed by atoms with Gasteiger partial charge in [0.2, 0.25) is 0 Å². The second-order valence-electron chi connectivity index (χ2n) is 5.76. The van der Waals surface area contributed by atoms with E-state index in [9.17, 15) is 9.90 Å². The van der Waals surface area contributed by atoms with Gasteiger partial charge in [-0.1, -0.05) is 33.1 Å². The number of anilines is 1. The highest BCUT2D eigenvalue weighted by Crippen LogP contribution is 2.26. The van der Waals surface area contributed by atoms with E-state index in [1.165, 1.54) is 25.7 Å². The van der Waals surface area contributed by atoms with Crippen molar-refractivity contribution >= 4 is 11.8 Å². The molecule has 2 rings (SSSR count). The molecule has 1 aliphatic carbocycles. The van der Waals surface area contributed by atoms with E-state index in [0.29, 0.717) is 23.3 Å². The smallest absolute Gasteiger partial charge is 0.335 e. The van der Waals surface area contributed by atoms with Gasteiger partial charge in [-0.15, -0.1) is 0 Å². The minimum atomic E-state index is -0.890. The first kappa shape index (κ1) is 14.8. The van der Waals surface area contributed by atoms with E-state index < -0.39 is 5.97 Å². The molecule has 1 fully saturated rings. The lowest BCUT2D eigenvalue weighted by molar-refractivity contribution is 0.0696. The second kappa shape index (κ2) is 6.73. The lowest BCUT2D eigenvalue weighted by Gasteiger charge is -2.23. The Kier molecular flexibility index (Phi) is 4.99. The Labute approximate surface area is 120 Å². The molecule has 2 unspecified atom stereocenters. The topological polar surface area (TPSA) is 62.2 Å². The zero-order valence-electron chi connectivity index (χ0n) is 12.4. The molecule has 0 spiro atoms. The summed E-state index contributed by atoms with van der Waals surface area (Å²) in [5.41, 5.74) is 1.15. The molecule has 0 bridgehead atoms. The summed E-state index contributed by atoms with van der Waals surface area (Å²) in [6.07, 6.45) is 6.95. The summed E-state index contributed by atoms with van der Waals surface area (Å²) in [7, 11) is 0. The first-order chi connectivity index (χ1) is 9.60. The monoisotopic (exact) mass is 276 g/mol. The number of carboxylic acid groups (broad SMARTS) is 1. The van der Waals surface area contributed by atoms with Crippen LogP contribution in [0.4, 0.5) is 5.82 Å². The van der Waals surface area contributed by atoms with Crippen molar-refractivity contribution in [3.63, 3.8) is 0 Å². The maximum absolute atomic E-state index is 11.2. The SMILES string of the molecule is CCc1cc(C(=O)O)cc(NC2CCCCCC2C)n1. The number of nitrogens with zero attached hydrogens (tertiary/aromatic N) is 1. The van der Waals surface area contributed by atoms with Crippen molar-refractivity contribution in [1.82, 2.24) is 4.98 Å². The molecule has 0 amide bonds. The van der Waals surface area contributed by atoms with Gasteiger partial charge in [0, 0.05) is 11.7 Å². The van der Waals surface area contributed by atoms with Crippen LogP contribution in [0.3, 0.4) is 0 Å². The fraction of sp³-hybridized carbons (Fsp3) is 0.625. The maximum Gasteiger partial charge on any atom is 0.335 e. The summed E-state index contributed by atoms with van der Waals surface area (Å²) in [5.74, 6) is 0.428. The zero-order valence-corrected chi connectivity index (χ0v) is 12.4. The van der Waals surface area contributed by atoms with Gasteiger partial charge in [-0.2, -0.15) is 0 Å². The third-order valence-corrected chi connectivity index (χ3v) is 4.18. The quantitative estimate of drug-likeness (QED) is 0.823. The number of rotatable bonds is 4. The third-order valence-electron chi connectivity index (χ3n) is 4.18. The van der Waals surface area contributed by atoms with Gasteiger partial charge in [0.1, 0.15) is 5.82 Å². The molecule has 4 nitrogen and oxygen atoms in total. The van der Waals surface area contributed by atoms with Gasteiger partial charge in [0.25, 0.3) is 0 Å². The highest BCUT2D eigenvalue weighted by Gasteiger charge is 2.20. The van der Waals surface area contributed by atoms with Crippen LogP contribution in [0.5, 0.6) is 0 Å². The lowest BCUT2D eigenvalue weighted by atomic mass is 9.97. The van der Waals surface area contributed by atoms with E-state index in [2.05, 4.69) is 17.2 Å². The molecule has 2 atom stereocenters. The summed E-state index contributed by atoms with van der Waals surface area (Å²) in [4.78, 5) is 15.7. The Balaban J connectivity index is 2.18. The third kappa shape index (κ3) is 3.71.